The topological polar surface area (TPSA) is 72.6 Å². The van der Waals surface area contributed by atoms with Crippen molar-refractivity contribution in [2.45, 2.75) is 19.4 Å². The molecule has 0 bridgehead atoms. The van der Waals surface area contributed by atoms with Gasteiger partial charge in [-0.1, -0.05) is 0 Å². The summed E-state index contributed by atoms with van der Waals surface area (Å²) in [7, 11) is 0. The average molecular weight is 300 g/mol. The van der Waals surface area contributed by atoms with Crippen LogP contribution >= 0.6 is 0 Å². The van der Waals surface area contributed by atoms with E-state index < -0.39 is 5.63 Å². The fourth-order valence-electron chi connectivity index (χ4n) is 2.52. The fraction of sp³-hybridized carbons (Fsp3) is 0.312. The molecule has 6 heteroatoms. The molecule has 0 spiro atoms. The summed E-state index contributed by atoms with van der Waals surface area (Å²) in [5, 5.41) is 0. The predicted octanol–water partition coefficient (Wildman–Crippen LogP) is 1.64. The highest BCUT2D eigenvalue weighted by Gasteiger charge is 2.28. The molecular weight excluding hydrogens is 284 g/mol. The molecule has 6 nitrogen and oxygen atoms in total. The molecule has 22 heavy (non-hydrogen) atoms. The lowest BCUT2D eigenvalue weighted by Crippen LogP contribution is -2.31. The minimum absolute atomic E-state index is 0.0303. The van der Waals surface area contributed by atoms with Crippen molar-refractivity contribution >= 4 is 5.91 Å². The molecule has 114 valence electrons. The largest absolute Gasteiger partial charge is 0.488 e. The zero-order valence-corrected chi connectivity index (χ0v) is 12.2. The van der Waals surface area contributed by atoms with Gasteiger partial charge in [-0.2, -0.15) is 0 Å². The number of carbonyl (C=O) groups excluding carboxylic acids is 1. The first-order valence-electron chi connectivity index (χ1n) is 7.09. The molecule has 3 rings (SSSR count). The molecule has 0 saturated carbocycles. The van der Waals surface area contributed by atoms with Crippen LogP contribution < -0.4 is 10.4 Å². The van der Waals surface area contributed by atoms with E-state index in [4.69, 9.17) is 9.15 Å². The van der Waals surface area contributed by atoms with Crippen LogP contribution in [-0.4, -0.2) is 35.0 Å². The van der Waals surface area contributed by atoms with E-state index >= 15 is 0 Å². The first-order valence-corrected chi connectivity index (χ1v) is 7.09. The Balaban J connectivity index is 1.65. The second-order valence-corrected chi connectivity index (χ2v) is 5.24. The van der Waals surface area contributed by atoms with Crippen molar-refractivity contribution in [1.82, 2.24) is 9.88 Å². The van der Waals surface area contributed by atoms with Crippen molar-refractivity contribution in [2.75, 3.05) is 13.1 Å². The number of pyridine rings is 1. The van der Waals surface area contributed by atoms with Crippen molar-refractivity contribution in [3.8, 4) is 5.75 Å². The Morgan fingerprint density at radius 3 is 2.86 bits per heavy atom. The van der Waals surface area contributed by atoms with E-state index in [1.54, 1.807) is 42.4 Å². The van der Waals surface area contributed by atoms with E-state index in [-0.39, 0.29) is 12.0 Å². The van der Waals surface area contributed by atoms with E-state index in [0.717, 1.165) is 6.42 Å². The highest BCUT2D eigenvalue weighted by molar-refractivity contribution is 5.94. The number of amides is 1. The summed E-state index contributed by atoms with van der Waals surface area (Å²) < 4.78 is 10.7. The summed E-state index contributed by atoms with van der Waals surface area (Å²) in [6.45, 7) is 2.83. The van der Waals surface area contributed by atoms with Gasteiger partial charge < -0.3 is 14.1 Å². The van der Waals surface area contributed by atoms with E-state index in [1.807, 2.05) is 0 Å². The first kappa shape index (κ1) is 14.3. The number of aromatic nitrogens is 1. The lowest BCUT2D eigenvalue weighted by molar-refractivity contribution is 0.0772. The van der Waals surface area contributed by atoms with Crippen molar-refractivity contribution in [3.63, 3.8) is 0 Å². The Morgan fingerprint density at radius 1 is 1.36 bits per heavy atom. The van der Waals surface area contributed by atoms with Crippen molar-refractivity contribution in [2.24, 2.45) is 0 Å². The number of rotatable bonds is 3. The molecule has 1 amide bonds. The number of nitrogens with zero attached hydrogens (tertiary/aromatic N) is 2. The summed E-state index contributed by atoms with van der Waals surface area (Å²) in [6, 6.07) is 6.39. The number of likely N-dealkylation sites (tertiary alicyclic amines) is 1. The monoisotopic (exact) mass is 300 g/mol. The Hall–Kier alpha value is -2.63. The number of hydrogen-bond acceptors (Lipinski definition) is 5. The molecule has 0 aliphatic carbocycles. The summed E-state index contributed by atoms with van der Waals surface area (Å²) >= 11 is 0. The molecule has 1 aliphatic heterocycles. The maximum absolute atomic E-state index is 12.3. The molecule has 0 N–H and O–H groups in total. The van der Waals surface area contributed by atoms with Gasteiger partial charge in [0, 0.05) is 37.0 Å². The molecule has 3 heterocycles. The first-order chi connectivity index (χ1) is 10.6. The van der Waals surface area contributed by atoms with Crippen LogP contribution in [0.3, 0.4) is 0 Å². The van der Waals surface area contributed by atoms with Crippen molar-refractivity contribution in [3.05, 3.63) is 58.4 Å². The zero-order chi connectivity index (χ0) is 15.5. The third kappa shape index (κ3) is 3.16. The van der Waals surface area contributed by atoms with E-state index in [0.29, 0.717) is 30.2 Å². The van der Waals surface area contributed by atoms with E-state index in [2.05, 4.69) is 4.98 Å². The molecule has 2 aromatic heterocycles. The Kier molecular flexibility index (Phi) is 3.91. The highest BCUT2D eigenvalue weighted by atomic mass is 16.5. The standard InChI is InChI=1S/C16H16N2O4/c1-11-8-14(9-15(19)21-11)22-13-4-7-18(10-13)16(20)12-2-5-17-6-3-12/h2-3,5-6,8-9,13H,4,7,10H2,1H3. The van der Waals surface area contributed by atoms with Crippen LogP contribution in [0.5, 0.6) is 5.75 Å². The summed E-state index contributed by atoms with van der Waals surface area (Å²) in [5.41, 5.74) is 0.185. The quantitative estimate of drug-likeness (QED) is 0.861. The highest BCUT2D eigenvalue weighted by Crippen LogP contribution is 2.19. The number of ether oxygens (including phenoxy) is 1. The molecule has 0 radical (unpaired) electrons. The van der Waals surface area contributed by atoms with Gasteiger partial charge >= 0.3 is 5.63 Å². The van der Waals surface area contributed by atoms with Gasteiger partial charge in [0.15, 0.2) is 0 Å². The van der Waals surface area contributed by atoms with Crippen LogP contribution in [0, 0.1) is 6.92 Å². The SMILES string of the molecule is Cc1cc(OC2CCN(C(=O)c3ccncc3)C2)cc(=O)o1. The van der Waals surface area contributed by atoms with Crippen LogP contribution in [0.25, 0.3) is 0 Å². The minimum Gasteiger partial charge on any atom is -0.488 e. The van der Waals surface area contributed by atoms with Gasteiger partial charge in [0.25, 0.3) is 5.91 Å². The van der Waals surface area contributed by atoms with Crippen LogP contribution in [0.2, 0.25) is 0 Å². The molecule has 1 atom stereocenters. The minimum atomic E-state index is -0.433. The van der Waals surface area contributed by atoms with Gasteiger partial charge in [-0.15, -0.1) is 0 Å². The Bertz CT molecular complexity index is 726. The summed E-state index contributed by atoms with van der Waals surface area (Å²) in [4.78, 5) is 29.3. The number of carbonyl (C=O) groups is 1. The van der Waals surface area contributed by atoms with Gasteiger partial charge in [0.1, 0.15) is 17.6 Å². The molecule has 0 aromatic carbocycles. The zero-order valence-electron chi connectivity index (χ0n) is 12.2. The maximum Gasteiger partial charge on any atom is 0.339 e. The number of aryl methyl sites for hydroxylation is 1. The molecule has 1 saturated heterocycles. The Morgan fingerprint density at radius 2 is 2.14 bits per heavy atom. The smallest absolute Gasteiger partial charge is 0.339 e. The van der Waals surface area contributed by atoms with Crippen LogP contribution in [0.1, 0.15) is 22.5 Å². The lowest BCUT2D eigenvalue weighted by atomic mass is 10.2. The second-order valence-electron chi connectivity index (χ2n) is 5.24. The van der Waals surface area contributed by atoms with Crippen molar-refractivity contribution < 1.29 is 13.9 Å². The van der Waals surface area contributed by atoms with Gasteiger partial charge in [-0.05, 0) is 19.1 Å². The van der Waals surface area contributed by atoms with Gasteiger partial charge in [-0.25, -0.2) is 4.79 Å². The summed E-state index contributed by atoms with van der Waals surface area (Å²) in [5.74, 6) is 0.958. The predicted molar refractivity (Wildman–Crippen MR) is 78.9 cm³/mol. The molecule has 1 unspecified atom stereocenters. The molecule has 1 fully saturated rings. The Labute approximate surface area is 127 Å². The van der Waals surface area contributed by atoms with Gasteiger partial charge in [-0.3, -0.25) is 9.78 Å². The third-order valence-corrected chi connectivity index (χ3v) is 3.53. The maximum atomic E-state index is 12.3. The second kappa shape index (κ2) is 6.01. The van der Waals surface area contributed by atoms with E-state index in [1.165, 1.54) is 6.07 Å². The fourth-order valence-corrected chi connectivity index (χ4v) is 2.52. The normalized spacial score (nSPS) is 17.5. The molecule has 2 aromatic rings. The van der Waals surface area contributed by atoms with Crippen LogP contribution in [-0.2, 0) is 0 Å². The van der Waals surface area contributed by atoms with E-state index in [9.17, 15) is 9.59 Å². The van der Waals surface area contributed by atoms with Crippen molar-refractivity contribution in [1.29, 1.82) is 0 Å². The summed E-state index contributed by atoms with van der Waals surface area (Å²) in [6.07, 6.45) is 3.81. The third-order valence-electron chi connectivity index (χ3n) is 3.53. The molecular formula is C16H16N2O4. The van der Waals surface area contributed by atoms with Gasteiger partial charge in [0.05, 0.1) is 12.6 Å². The molecule has 1 aliphatic rings. The number of hydrogen-bond donors (Lipinski definition) is 0. The average Bonchev–Trinajstić information content (AvgIpc) is 2.95. The lowest BCUT2D eigenvalue weighted by Gasteiger charge is -2.17. The van der Waals surface area contributed by atoms with Gasteiger partial charge in [0.2, 0.25) is 0 Å². The van der Waals surface area contributed by atoms with Crippen LogP contribution in [0.4, 0.5) is 0 Å². The van der Waals surface area contributed by atoms with Crippen LogP contribution in [0.15, 0.2) is 45.9 Å².